The molecule has 0 heterocycles. The molecular formula is C24H18O6. The fourth-order valence-electron chi connectivity index (χ4n) is 2.76. The maximum Gasteiger partial charge on any atom is 0.372 e. The van der Waals surface area contributed by atoms with Crippen molar-refractivity contribution in [3.63, 3.8) is 0 Å². The number of benzene rings is 3. The van der Waals surface area contributed by atoms with Gasteiger partial charge in [-0.05, 0) is 17.7 Å². The second-order valence-electron chi connectivity index (χ2n) is 6.54. The highest BCUT2D eigenvalue weighted by Gasteiger charge is 2.18. The van der Waals surface area contributed by atoms with E-state index in [1.807, 2.05) is 18.2 Å². The third kappa shape index (κ3) is 5.26. The molecule has 3 rings (SSSR count). The normalized spacial score (nSPS) is 10.3. The van der Waals surface area contributed by atoms with E-state index in [2.05, 4.69) is 0 Å². The largest absolute Gasteiger partial charge is 0.489 e. The van der Waals surface area contributed by atoms with Gasteiger partial charge in [0.05, 0.1) is 6.42 Å². The van der Waals surface area contributed by atoms with Gasteiger partial charge in [-0.1, -0.05) is 66.7 Å². The molecule has 0 bridgehead atoms. The lowest BCUT2D eigenvalue weighted by molar-refractivity contribution is -0.148. The second kappa shape index (κ2) is 9.43. The molecule has 0 aliphatic heterocycles. The fourth-order valence-corrected chi connectivity index (χ4v) is 2.76. The van der Waals surface area contributed by atoms with Gasteiger partial charge in [-0.3, -0.25) is 14.4 Å². The monoisotopic (exact) mass is 402 g/mol. The van der Waals surface area contributed by atoms with Gasteiger partial charge in [0.2, 0.25) is 5.78 Å². The van der Waals surface area contributed by atoms with Gasteiger partial charge in [0.1, 0.15) is 12.4 Å². The molecule has 0 atom stereocenters. The van der Waals surface area contributed by atoms with Crippen LogP contribution in [0.2, 0.25) is 0 Å². The maximum absolute atomic E-state index is 12.4. The zero-order valence-electron chi connectivity index (χ0n) is 15.9. The van der Waals surface area contributed by atoms with Crippen LogP contribution in [0, 0.1) is 0 Å². The number of carboxylic acid groups (broad SMARTS) is 1. The van der Waals surface area contributed by atoms with Crippen molar-refractivity contribution in [2.45, 2.75) is 13.0 Å². The van der Waals surface area contributed by atoms with Crippen molar-refractivity contribution in [2.75, 3.05) is 0 Å². The lowest BCUT2D eigenvalue weighted by Crippen LogP contribution is -2.17. The van der Waals surface area contributed by atoms with Gasteiger partial charge in [0.25, 0.3) is 0 Å². The third-order valence-corrected chi connectivity index (χ3v) is 4.37. The number of carbonyl (C=O) groups is 4. The van der Waals surface area contributed by atoms with Crippen molar-refractivity contribution in [3.05, 3.63) is 101 Å². The third-order valence-electron chi connectivity index (χ3n) is 4.37. The Balaban J connectivity index is 1.62. The van der Waals surface area contributed by atoms with E-state index in [0.29, 0.717) is 16.9 Å². The van der Waals surface area contributed by atoms with Crippen LogP contribution in [0.1, 0.15) is 38.3 Å². The number of hydrogen-bond donors (Lipinski definition) is 1. The Morgan fingerprint density at radius 2 is 1.37 bits per heavy atom. The average Bonchev–Trinajstić information content (AvgIpc) is 2.78. The van der Waals surface area contributed by atoms with E-state index in [1.54, 1.807) is 48.5 Å². The number of carboxylic acids is 1. The van der Waals surface area contributed by atoms with E-state index in [4.69, 9.17) is 9.84 Å². The summed E-state index contributed by atoms with van der Waals surface area (Å²) in [5.41, 5.74) is 2.22. The number of rotatable bonds is 9. The summed E-state index contributed by atoms with van der Waals surface area (Å²) in [6, 6.07) is 22.2. The minimum Gasteiger partial charge on any atom is -0.489 e. The van der Waals surface area contributed by atoms with Crippen LogP contribution in [0.25, 0.3) is 0 Å². The smallest absolute Gasteiger partial charge is 0.372 e. The van der Waals surface area contributed by atoms with Crippen LogP contribution in [0.4, 0.5) is 0 Å². The van der Waals surface area contributed by atoms with Crippen LogP contribution in [-0.2, 0) is 16.2 Å². The number of Topliss-reactive ketones (excluding diaryl/α,β-unsaturated/α-hetero) is 2. The summed E-state index contributed by atoms with van der Waals surface area (Å²) in [4.78, 5) is 46.3. The van der Waals surface area contributed by atoms with Gasteiger partial charge in [-0.15, -0.1) is 0 Å². The van der Waals surface area contributed by atoms with Gasteiger partial charge < -0.3 is 9.84 Å². The molecule has 0 radical (unpaired) electrons. The second-order valence-corrected chi connectivity index (χ2v) is 6.54. The zero-order valence-corrected chi connectivity index (χ0v) is 15.9. The van der Waals surface area contributed by atoms with Gasteiger partial charge in [0.15, 0.2) is 11.6 Å². The van der Waals surface area contributed by atoms with E-state index < -0.39 is 24.0 Å². The Labute approximate surface area is 172 Å². The molecule has 0 unspecified atom stereocenters. The van der Waals surface area contributed by atoms with Crippen molar-refractivity contribution in [1.82, 2.24) is 0 Å². The van der Waals surface area contributed by atoms with E-state index in [0.717, 1.165) is 5.56 Å². The molecule has 0 aromatic heterocycles. The Bertz CT molecular complexity index is 1080. The van der Waals surface area contributed by atoms with Crippen LogP contribution >= 0.6 is 0 Å². The SMILES string of the molecule is O=C(O)C(=O)CC(=O)c1cccc(OCc2ccc(C(=O)c3ccccc3)cc2)c1. The molecular weight excluding hydrogens is 384 g/mol. The minimum atomic E-state index is -1.63. The summed E-state index contributed by atoms with van der Waals surface area (Å²) in [6.07, 6.45) is -0.699. The summed E-state index contributed by atoms with van der Waals surface area (Å²) in [7, 11) is 0. The molecule has 3 aromatic carbocycles. The van der Waals surface area contributed by atoms with Gasteiger partial charge in [-0.2, -0.15) is 0 Å². The molecule has 0 fully saturated rings. The van der Waals surface area contributed by atoms with Gasteiger partial charge in [0, 0.05) is 16.7 Å². The lowest BCUT2D eigenvalue weighted by Gasteiger charge is -2.08. The van der Waals surface area contributed by atoms with E-state index in [9.17, 15) is 19.2 Å². The van der Waals surface area contributed by atoms with Crippen LogP contribution in [0.15, 0.2) is 78.9 Å². The highest BCUT2D eigenvalue weighted by atomic mass is 16.5. The molecule has 0 spiro atoms. The summed E-state index contributed by atoms with van der Waals surface area (Å²) >= 11 is 0. The number of aliphatic carboxylic acids is 1. The molecule has 0 saturated heterocycles. The topological polar surface area (TPSA) is 97.7 Å². The first-order chi connectivity index (χ1) is 14.4. The first-order valence-corrected chi connectivity index (χ1v) is 9.15. The van der Waals surface area contributed by atoms with E-state index in [-0.39, 0.29) is 18.0 Å². The molecule has 0 saturated carbocycles. The quantitative estimate of drug-likeness (QED) is 0.333. The Hall–Kier alpha value is -4.06. The summed E-state index contributed by atoms with van der Waals surface area (Å²) in [5, 5.41) is 8.61. The number of ether oxygens (including phenoxy) is 1. The molecule has 30 heavy (non-hydrogen) atoms. The molecule has 6 nitrogen and oxygen atoms in total. The highest BCUT2D eigenvalue weighted by Crippen LogP contribution is 2.17. The first kappa shape index (κ1) is 20.7. The molecule has 1 N–H and O–H groups in total. The Morgan fingerprint density at radius 1 is 0.733 bits per heavy atom. The maximum atomic E-state index is 12.4. The summed E-state index contributed by atoms with van der Waals surface area (Å²) in [6.45, 7) is 0.214. The molecule has 0 aliphatic carbocycles. The molecule has 3 aromatic rings. The Kier molecular flexibility index (Phi) is 6.49. The number of carbonyl (C=O) groups excluding carboxylic acids is 3. The number of ketones is 3. The molecule has 150 valence electrons. The predicted molar refractivity (Wildman–Crippen MR) is 109 cm³/mol. The van der Waals surface area contributed by atoms with Crippen LogP contribution in [0.3, 0.4) is 0 Å². The molecule has 6 heteroatoms. The van der Waals surface area contributed by atoms with Crippen molar-refractivity contribution < 1.29 is 29.0 Å². The number of hydrogen-bond acceptors (Lipinski definition) is 5. The van der Waals surface area contributed by atoms with E-state index >= 15 is 0 Å². The van der Waals surface area contributed by atoms with Crippen LogP contribution in [-0.4, -0.2) is 28.4 Å². The van der Waals surface area contributed by atoms with Crippen molar-refractivity contribution in [1.29, 1.82) is 0 Å². The van der Waals surface area contributed by atoms with Gasteiger partial charge >= 0.3 is 5.97 Å². The van der Waals surface area contributed by atoms with Crippen LogP contribution < -0.4 is 4.74 Å². The van der Waals surface area contributed by atoms with Crippen LogP contribution in [0.5, 0.6) is 5.75 Å². The first-order valence-electron chi connectivity index (χ1n) is 9.15. The Morgan fingerprint density at radius 3 is 2.03 bits per heavy atom. The van der Waals surface area contributed by atoms with Crippen molar-refractivity contribution in [2.24, 2.45) is 0 Å². The lowest BCUT2D eigenvalue weighted by atomic mass is 10.0. The molecule has 0 amide bonds. The standard InChI is InChI=1S/C24H18O6/c25-21(14-22(26)24(28)29)19-7-4-8-20(13-19)30-15-16-9-11-18(12-10-16)23(27)17-5-2-1-3-6-17/h1-13H,14-15H2,(H,28,29). The summed E-state index contributed by atoms with van der Waals surface area (Å²) < 4.78 is 5.68. The van der Waals surface area contributed by atoms with E-state index in [1.165, 1.54) is 12.1 Å². The van der Waals surface area contributed by atoms with Crippen molar-refractivity contribution >= 4 is 23.3 Å². The zero-order chi connectivity index (χ0) is 21.5. The van der Waals surface area contributed by atoms with Crippen molar-refractivity contribution in [3.8, 4) is 5.75 Å². The average molecular weight is 402 g/mol. The predicted octanol–water partition coefficient (Wildman–Crippen LogP) is 3.72. The summed E-state index contributed by atoms with van der Waals surface area (Å²) in [5.74, 6) is -3.03. The van der Waals surface area contributed by atoms with Gasteiger partial charge in [-0.25, -0.2) is 4.79 Å². The minimum absolute atomic E-state index is 0.0646. The fraction of sp³-hybridized carbons (Fsp3) is 0.0833. The molecule has 0 aliphatic rings. The highest BCUT2D eigenvalue weighted by molar-refractivity contribution is 6.37.